The molecule has 0 spiro atoms. The van der Waals surface area contributed by atoms with Crippen molar-refractivity contribution >= 4 is 54.8 Å². The first-order valence-electron chi connectivity index (χ1n) is 1.80. The van der Waals surface area contributed by atoms with Crippen LogP contribution in [0.3, 0.4) is 0 Å². The Kier molecular flexibility index (Phi) is 2.37. The lowest BCUT2D eigenvalue weighted by Gasteiger charge is -1.73. The topological polar surface area (TPSA) is 0 Å². The summed E-state index contributed by atoms with van der Waals surface area (Å²) in [6.07, 6.45) is 0. The minimum Gasteiger partial charge on any atom is -0.115 e. The fourth-order valence-corrected chi connectivity index (χ4v) is 3.05. The first-order valence-corrected chi connectivity index (χ1v) is 4.58. The normalized spacial score (nSPS) is 9.88. The Bertz CT molecular complexity index is 176. The Balaban J connectivity index is 3.14. The van der Waals surface area contributed by atoms with Gasteiger partial charge in [-0.3, -0.25) is 0 Å². The van der Waals surface area contributed by atoms with Gasteiger partial charge in [0.25, 0.3) is 0 Å². The van der Waals surface area contributed by atoms with Gasteiger partial charge in [0, 0.05) is 4.47 Å². The molecule has 0 aliphatic heterocycles. The minimum atomic E-state index is 0.789. The van der Waals surface area contributed by atoms with E-state index in [0.29, 0.717) is 0 Å². The summed E-state index contributed by atoms with van der Waals surface area (Å²) in [6, 6.07) is 1.92. The molecule has 44 valence electrons. The van der Waals surface area contributed by atoms with E-state index in [-0.39, 0.29) is 0 Å². The summed E-state index contributed by atoms with van der Waals surface area (Å²) in [7, 11) is 0. The molecule has 1 heterocycles. The van der Waals surface area contributed by atoms with Gasteiger partial charge < -0.3 is 0 Å². The minimum absolute atomic E-state index is 0.789. The molecule has 0 bridgehead atoms. The average molecular weight is 276 g/mol. The van der Waals surface area contributed by atoms with Gasteiger partial charge in [-0.1, -0.05) is 11.6 Å². The SMILES string of the molecule is Clc1sc(Br)cc1Br. The van der Waals surface area contributed by atoms with E-state index in [9.17, 15) is 0 Å². The van der Waals surface area contributed by atoms with E-state index in [1.54, 1.807) is 0 Å². The van der Waals surface area contributed by atoms with Crippen LogP contribution in [0.4, 0.5) is 0 Å². The number of halogens is 3. The second-order valence-corrected chi connectivity index (χ2v) is 5.06. The van der Waals surface area contributed by atoms with Crippen LogP contribution >= 0.6 is 54.8 Å². The molecule has 0 fully saturated rings. The standard InChI is InChI=1S/C4HBr2ClS/c5-2-1-3(6)8-4(2)7/h1H. The number of rotatable bonds is 0. The van der Waals surface area contributed by atoms with E-state index >= 15 is 0 Å². The van der Waals surface area contributed by atoms with Crippen molar-refractivity contribution in [2.45, 2.75) is 0 Å². The Morgan fingerprint density at radius 3 is 2.25 bits per heavy atom. The zero-order valence-electron chi connectivity index (χ0n) is 3.62. The highest BCUT2D eigenvalue weighted by Crippen LogP contribution is 2.34. The molecule has 8 heavy (non-hydrogen) atoms. The first-order chi connectivity index (χ1) is 3.70. The number of hydrogen-bond acceptors (Lipinski definition) is 1. The van der Waals surface area contributed by atoms with Gasteiger partial charge in [-0.05, 0) is 37.9 Å². The molecule has 0 saturated carbocycles. The molecule has 0 unspecified atom stereocenters. The Morgan fingerprint density at radius 2 is 2.12 bits per heavy atom. The molecule has 0 nitrogen and oxygen atoms in total. The van der Waals surface area contributed by atoms with Crippen LogP contribution in [0, 0.1) is 0 Å². The van der Waals surface area contributed by atoms with Gasteiger partial charge in [-0.15, -0.1) is 11.3 Å². The molecule has 0 aromatic carbocycles. The number of thiophene rings is 1. The van der Waals surface area contributed by atoms with Crippen LogP contribution in [-0.2, 0) is 0 Å². The highest BCUT2D eigenvalue weighted by atomic mass is 79.9. The van der Waals surface area contributed by atoms with E-state index in [1.165, 1.54) is 11.3 Å². The lowest BCUT2D eigenvalue weighted by atomic mass is 10.7. The van der Waals surface area contributed by atoms with Gasteiger partial charge in [-0.2, -0.15) is 0 Å². The summed E-state index contributed by atoms with van der Waals surface area (Å²) in [6.45, 7) is 0. The zero-order valence-corrected chi connectivity index (χ0v) is 8.36. The summed E-state index contributed by atoms with van der Waals surface area (Å²) in [4.78, 5) is 0. The Labute approximate surface area is 73.1 Å². The lowest BCUT2D eigenvalue weighted by Crippen LogP contribution is -1.44. The molecule has 0 saturated heterocycles. The van der Waals surface area contributed by atoms with E-state index in [1.807, 2.05) is 6.07 Å². The zero-order chi connectivity index (χ0) is 6.15. The highest BCUT2D eigenvalue weighted by molar-refractivity contribution is 9.11. The molecule has 4 heteroatoms. The smallest absolute Gasteiger partial charge is 0.108 e. The van der Waals surface area contributed by atoms with E-state index < -0.39 is 0 Å². The fraction of sp³-hybridized carbons (Fsp3) is 0. The molecule has 1 aromatic heterocycles. The molecule has 0 radical (unpaired) electrons. The van der Waals surface area contributed by atoms with E-state index in [0.717, 1.165) is 12.6 Å². The summed E-state index contributed by atoms with van der Waals surface area (Å²) >= 11 is 13.7. The molecule has 0 atom stereocenters. The third kappa shape index (κ3) is 1.47. The molecular formula is C4HBr2ClS. The largest absolute Gasteiger partial charge is 0.115 e. The second-order valence-electron chi connectivity index (χ2n) is 1.17. The fourth-order valence-electron chi connectivity index (χ4n) is 0.320. The van der Waals surface area contributed by atoms with Crippen LogP contribution in [0.25, 0.3) is 0 Å². The van der Waals surface area contributed by atoms with Crippen molar-refractivity contribution in [1.29, 1.82) is 0 Å². The summed E-state index contributed by atoms with van der Waals surface area (Å²) in [5.74, 6) is 0. The van der Waals surface area contributed by atoms with Crippen LogP contribution in [0.2, 0.25) is 4.34 Å². The summed E-state index contributed by atoms with van der Waals surface area (Å²) in [5, 5.41) is 0. The van der Waals surface area contributed by atoms with Crippen molar-refractivity contribution in [2.75, 3.05) is 0 Å². The lowest BCUT2D eigenvalue weighted by molar-refractivity contribution is 1.86. The van der Waals surface area contributed by atoms with Crippen LogP contribution in [0.5, 0.6) is 0 Å². The number of hydrogen-bond donors (Lipinski definition) is 0. The maximum Gasteiger partial charge on any atom is 0.108 e. The Morgan fingerprint density at radius 1 is 1.50 bits per heavy atom. The average Bonchev–Trinajstić information content (AvgIpc) is 1.85. The van der Waals surface area contributed by atoms with Crippen LogP contribution in [-0.4, -0.2) is 0 Å². The van der Waals surface area contributed by atoms with Gasteiger partial charge in [0.15, 0.2) is 0 Å². The van der Waals surface area contributed by atoms with Crippen LogP contribution < -0.4 is 0 Å². The third-order valence-electron chi connectivity index (χ3n) is 0.615. The maximum absolute atomic E-state index is 5.67. The molecule has 1 rings (SSSR count). The maximum atomic E-state index is 5.67. The van der Waals surface area contributed by atoms with Crippen molar-refractivity contribution < 1.29 is 0 Å². The quantitative estimate of drug-likeness (QED) is 0.673. The molecule has 1 aromatic rings. The van der Waals surface area contributed by atoms with Gasteiger partial charge in [-0.25, -0.2) is 0 Å². The highest BCUT2D eigenvalue weighted by Gasteiger charge is 1.99. The van der Waals surface area contributed by atoms with Crippen LogP contribution in [0.15, 0.2) is 14.3 Å². The van der Waals surface area contributed by atoms with Gasteiger partial charge >= 0.3 is 0 Å². The predicted octanol–water partition coefficient (Wildman–Crippen LogP) is 3.93. The third-order valence-corrected chi connectivity index (χ3v) is 3.59. The Hall–Kier alpha value is 0.950. The van der Waals surface area contributed by atoms with Crippen molar-refractivity contribution in [1.82, 2.24) is 0 Å². The van der Waals surface area contributed by atoms with Crippen molar-refractivity contribution in [3.05, 3.63) is 18.7 Å². The summed E-state index contributed by atoms with van der Waals surface area (Å²) in [5.41, 5.74) is 0. The molecule has 0 aliphatic carbocycles. The molecule has 0 aliphatic rings. The molecular weight excluding hydrogens is 275 g/mol. The van der Waals surface area contributed by atoms with Crippen molar-refractivity contribution in [3.8, 4) is 0 Å². The van der Waals surface area contributed by atoms with Gasteiger partial charge in [0.05, 0.1) is 3.79 Å². The van der Waals surface area contributed by atoms with Crippen molar-refractivity contribution in [3.63, 3.8) is 0 Å². The molecule has 0 amide bonds. The van der Waals surface area contributed by atoms with Crippen LogP contribution in [0.1, 0.15) is 0 Å². The second kappa shape index (κ2) is 2.69. The first kappa shape index (κ1) is 7.06. The predicted molar refractivity (Wildman–Crippen MR) is 44.7 cm³/mol. The van der Waals surface area contributed by atoms with Gasteiger partial charge in [0.2, 0.25) is 0 Å². The van der Waals surface area contributed by atoms with E-state index in [4.69, 9.17) is 11.6 Å². The monoisotopic (exact) mass is 274 g/mol. The molecule has 0 N–H and O–H groups in total. The van der Waals surface area contributed by atoms with Gasteiger partial charge in [0.1, 0.15) is 4.34 Å². The van der Waals surface area contributed by atoms with E-state index in [2.05, 4.69) is 31.9 Å². The summed E-state index contributed by atoms with van der Waals surface area (Å²) < 4.78 is 2.79. The van der Waals surface area contributed by atoms with Crippen molar-refractivity contribution in [2.24, 2.45) is 0 Å².